The molecule has 3 aromatic carbocycles. The highest BCUT2D eigenvalue weighted by molar-refractivity contribution is 7.91. The largest absolute Gasteiger partial charge is 0.444 e. The van der Waals surface area contributed by atoms with E-state index in [1.807, 2.05) is 52.0 Å². The number of hydrogen-bond donors (Lipinski definition) is 3. The molecule has 1 unspecified atom stereocenters. The summed E-state index contributed by atoms with van der Waals surface area (Å²) in [5.74, 6) is 0.970. The number of nitrogens with zero attached hydrogens (tertiary/aromatic N) is 4. The molecule has 13 heteroatoms. The summed E-state index contributed by atoms with van der Waals surface area (Å²) in [7, 11) is -3.83. The fourth-order valence-corrected chi connectivity index (χ4v) is 7.31. The summed E-state index contributed by atoms with van der Waals surface area (Å²) in [5, 5.41) is 14.4. The van der Waals surface area contributed by atoms with Crippen molar-refractivity contribution in [2.24, 2.45) is 0 Å². The van der Waals surface area contributed by atoms with Crippen molar-refractivity contribution in [1.29, 1.82) is 0 Å². The highest BCUT2D eigenvalue weighted by Crippen LogP contribution is 2.39. The van der Waals surface area contributed by atoms with Gasteiger partial charge in [0.2, 0.25) is 21.9 Å². The summed E-state index contributed by atoms with van der Waals surface area (Å²) >= 11 is 0. The minimum atomic E-state index is -3.83. The molecule has 0 bridgehead atoms. The Kier molecular flexibility index (Phi) is 10.4. The predicted octanol–water partition coefficient (Wildman–Crippen LogP) is 7.04. The summed E-state index contributed by atoms with van der Waals surface area (Å²) < 4.78 is 41.4. The highest BCUT2D eigenvalue weighted by Gasteiger charge is 2.28. The number of aliphatic hydroxyl groups is 1. The first-order chi connectivity index (χ1) is 24.4. The Hall–Kier alpha value is -5.27. The van der Waals surface area contributed by atoms with E-state index >= 15 is 0 Å². The van der Waals surface area contributed by atoms with Crippen molar-refractivity contribution in [3.63, 3.8) is 0 Å². The van der Waals surface area contributed by atoms with Crippen LogP contribution in [0.15, 0.2) is 85.2 Å². The molecule has 12 nitrogen and oxygen atoms in total. The maximum absolute atomic E-state index is 13.3. The number of benzene rings is 3. The van der Waals surface area contributed by atoms with Gasteiger partial charge >= 0.3 is 6.09 Å². The number of amides is 1. The molecule has 266 valence electrons. The number of hydrogen-bond acceptors (Lipinski definition) is 10. The fourth-order valence-electron chi connectivity index (χ4n) is 6.04. The molecule has 2 aromatic heterocycles. The zero-order chi connectivity index (χ0) is 36.2. The molecule has 1 fully saturated rings. The van der Waals surface area contributed by atoms with Crippen molar-refractivity contribution in [3.8, 4) is 22.9 Å². The second kappa shape index (κ2) is 14.9. The molecule has 5 aromatic rings. The van der Waals surface area contributed by atoms with Gasteiger partial charge in [0.15, 0.2) is 0 Å². The van der Waals surface area contributed by atoms with E-state index in [-0.39, 0.29) is 24.5 Å². The zero-order valence-electron chi connectivity index (χ0n) is 29.1. The number of carbonyl (C=O) groups is 1. The van der Waals surface area contributed by atoms with E-state index in [2.05, 4.69) is 20.0 Å². The third-order valence-corrected chi connectivity index (χ3v) is 9.64. The number of aryl methyl sites for hydroxylation is 1. The Morgan fingerprint density at radius 3 is 2.55 bits per heavy atom. The maximum atomic E-state index is 13.3. The number of anilines is 2. The van der Waals surface area contributed by atoms with Crippen LogP contribution in [0.2, 0.25) is 0 Å². The topological polar surface area (TPSA) is 156 Å². The second-order valence-electron chi connectivity index (χ2n) is 13.5. The first-order valence-electron chi connectivity index (χ1n) is 16.8. The van der Waals surface area contributed by atoms with Gasteiger partial charge < -0.3 is 24.8 Å². The Labute approximate surface area is 297 Å². The summed E-state index contributed by atoms with van der Waals surface area (Å²) in [6.45, 7) is 8.32. The third-order valence-electron chi connectivity index (χ3n) is 8.42. The van der Waals surface area contributed by atoms with Gasteiger partial charge in [-0.25, -0.2) is 28.2 Å². The molecule has 1 amide bonds. The van der Waals surface area contributed by atoms with E-state index in [9.17, 15) is 18.3 Å². The lowest BCUT2D eigenvalue weighted by molar-refractivity contribution is 0.0206. The molecule has 0 saturated carbocycles. The number of ether oxygens (including phenoxy) is 2. The van der Waals surface area contributed by atoms with Crippen molar-refractivity contribution in [1.82, 2.24) is 19.9 Å². The highest BCUT2D eigenvalue weighted by atomic mass is 32.2. The summed E-state index contributed by atoms with van der Waals surface area (Å²) in [5.41, 5.74) is 2.97. The van der Waals surface area contributed by atoms with Gasteiger partial charge in [-0.15, -0.1) is 0 Å². The predicted molar refractivity (Wildman–Crippen MR) is 197 cm³/mol. The van der Waals surface area contributed by atoms with E-state index in [0.29, 0.717) is 69.5 Å². The number of pyridine rings is 1. The van der Waals surface area contributed by atoms with E-state index < -0.39 is 15.6 Å². The molecule has 0 radical (unpaired) electrons. The normalized spacial score (nSPS) is 15.0. The molecular formula is C38H42N6O6S. The van der Waals surface area contributed by atoms with Crippen LogP contribution in [0.3, 0.4) is 0 Å². The number of aromatic nitrogens is 3. The minimum absolute atomic E-state index is 0.0551. The molecule has 1 atom stereocenters. The zero-order valence-corrected chi connectivity index (χ0v) is 29.9. The minimum Gasteiger partial charge on any atom is -0.444 e. The number of sulfonamides is 1. The monoisotopic (exact) mass is 710 g/mol. The Morgan fingerprint density at radius 1 is 0.961 bits per heavy atom. The first kappa shape index (κ1) is 35.6. The number of piperidine rings is 1. The van der Waals surface area contributed by atoms with Gasteiger partial charge in [-0.2, -0.15) is 0 Å². The molecule has 3 N–H and O–H groups in total. The SMILES string of the molecule is Cc1ccc2c(NS(=O)(=O)Cc3ccccc3CO)cccc2c1Oc1ncccc1-c1ccnc(NC2CCCN(C(=O)OC(C)(C)C)C2)n1. The van der Waals surface area contributed by atoms with Gasteiger partial charge in [0.05, 0.1) is 29.3 Å². The van der Waals surface area contributed by atoms with Gasteiger partial charge in [-0.1, -0.05) is 48.5 Å². The van der Waals surface area contributed by atoms with Crippen LogP contribution >= 0.6 is 0 Å². The van der Waals surface area contributed by atoms with Crippen LogP contribution in [0, 0.1) is 6.92 Å². The number of nitrogens with one attached hydrogen (secondary N) is 2. The van der Waals surface area contributed by atoms with Gasteiger partial charge in [0, 0.05) is 42.3 Å². The van der Waals surface area contributed by atoms with Gasteiger partial charge in [-0.3, -0.25) is 4.72 Å². The van der Waals surface area contributed by atoms with Crippen molar-refractivity contribution in [2.45, 2.75) is 64.5 Å². The number of fused-ring (bicyclic) bond motifs is 1. The van der Waals surface area contributed by atoms with Crippen LogP contribution in [0.5, 0.6) is 11.6 Å². The van der Waals surface area contributed by atoms with Gasteiger partial charge in [-0.05, 0) is 81.5 Å². The summed E-state index contributed by atoms with van der Waals surface area (Å²) in [6.07, 6.45) is 4.64. The molecule has 51 heavy (non-hydrogen) atoms. The van der Waals surface area contributed by atoms with E-state index in [1.165, 1.54) is 0 Å². The van der Waals surface area contributed by atoms with Gasteiger partial charge in [0.1, 0.15) is 11.4 Å². The average molecular weight is 711 g/mol. The van der Waals surface area contributed by atoms with Crippen LogP contribution in [0.4, 0.5) is 16.4 Å². The van der Waals surface area contributed by atoms with Crippen molar-refractivity contribution < 1.29 is 27.8 Å². The van der Waals surface area contributed by atoms with Crippen molar-refractivity contribution in [2.75, 3.05) is 23.1 Å². The third kappa shape index (κ3) is 8.73. The molecule has 1 aliphatic heterocycles. The molecule has 0 aliphatic carbocycles. The maximum Gasteiger partial charge on any atom is 0.410 e. The number of aliphatic hydroxyl groups excluding tert-OH is 1. The number of likely N-dealkylation sites (tertiary alicyclic amines) is 1. The average Bonchev–Trinajstić information content (AvgIpc) is 3.09. The molecule has 1 saturated heterocycles. The van der Waals surface area contributed by atoms with E-state index in [0.717, 1.165) is 18.4 Å². The molecule has 0 spiro atoms. The molecule has 3 heterocycles. The van der Waals surface area contributed by atoms with Gasteiger partial charge in [0.25, 0.3) is 0 Å². The number of carbonyl (C=O) groups excluding carboxylic acids is 1. The van der Waals surface area contributed by atoms with Crippen molar-refractivity contribution in [3.05, 3.63) is 102 Å². The molecular weight excluding hydrogens is 669 g/mol. The van der Waals surface area contributed by atoms with Crippen molar-refractivity contribution >= 4 is 38.5 Å². The second-order valence-corrected chi connectivity index (χ2v) is 15.3. The lowest BCUT2D eigenvalue weighted by Gasteiger charge is -2.34. The Bertz CT molecular complexity index is 2150. The van der Waals surface area contributed by atoms with Crippen LogP contribution in [-0.4, -0.2) is 64.2 Å². The van der Waals surface area contributed by atoms with E-state index in [4.69, 9.17) is 14.5 Å². The Balaban J connectivity index is 1.24. The van der Waals surface area contributed by atoms with E-state index in [1.54, 1.807) is 65.8 Å². The first-order valence-corrected chi connectivity index (χ1v) is 18.5. The number of rotatable bonds is 10. The summed E-state index contributed by atoms with van der Waals surface area (Å²) in [4.78, 5) is 28.2. The van der Waals surface area contributed by atoms with Crippen LogP contribution in [0.25, 0.3) is 22.0 Å². The lowest BCUT2D eigenvalue weighted by Crippen LogP contribution is -2.47. The lowest BCUT2D eigenvalue weighted by atomic mass is 10.0. The van der Waals surface area contributed by atoms with Crippen LogP contribution < -0.4 is 14.8 Å². The summed E-state index contributed by atoms with van der Waals surface area (Å²) in [6, 6.07) is 21.4. The molecule has 1 aliphatic rings. The molecule has 6 rings (SSSR count). The quantitative estimate of drug-likeness (QED) is 0.137. The fraction of sp³-hybridized carbons (Fsp3) is 0.316. The standard InChI is InChI=1S/C38H42N6O6S/c1-25-16-17-29-30(13-7-15-33(29)43-51(47,48)24-27-11-6-5-10-26(27)23-45)34(25)49-35-31(14-8-19-39-35)32-18-20-40-36(42-32)41-28-12-9-21-44(22-28)37(46)50-38(2,3)4/h5-8,10-11,13-20,28,43,45H,9,12,21-24H2,1-4H3,(H,40,41,42). The Morgan fingerprint density at radius 2 is 1.76 bits per heavy atom. The van der Waals surface area contributed by atoms with Crippen LogP contribution in [0.1, 0.15) is 50.3 Å². The smallest absolute Gasteiger partial charge is 0.410 e. The van der Waals surface area contributed by atoms with Crippen LogP contribution in [-0.2, 0) is 27.1 Å².